The molecule has 3 heterocycles. The predicted octanol–water partition coefficient (Wildman–Crippen LogP) is 2.85. The fraction of sp³-hybridized carbons (Fsp3) is 0.300. The van der Waals surface area contributed by atoms with Crippen molar-refractivity contribution in [3.8, 4) is 17.1 Å². The number of anilines is 2. The van der Waals surface area contributed by atoms with Crippen LogP contribution in [0.2, 0.25) is 0 Å². The van der Waals surface area contributed by atoms with E-state index in [0.29, 0.717) is 30.1 Å². The van der Waals surface area contributed by atoms with Crippen LogP contribution >= 0.6 is 0 Å². The van der Waals surface area contributed by atoms with Crippen molar-refractivity contribution in [2.45, 2.75) is 25.3 Å². The maximum absolute atomic E-state index is 6.24. The number of benzene rings is 1. The Kier molecular flexibility index (Phi) is 4.08. The van der Waals surface area contributed by atoms with Crippen LogP contribution in [0.3, 0.4) is 0 Å². The zero-order chi connectivity index (χ0) is 20.0. The van der Waals surface area contributed by atoms with Gasteiger partial charge >= 0.3 is 0 Å². The van der Waals surface area contributed by atoms with E-state index >= 15 is 0 Å². The predicted molar refractivity (Wildman–Crippen MR) is 111 cm³/mol. The molecule has 9 heteroatoms. The van der Waals surface area contributed by atoms with E-state index in [9.17, 15) is 0 Å². The van der Waals surface area contributed by atoms with E-state index in [-0.39, 0.29) is 0 Å². The summed E-state index contributed by atoms with van der Waals surface area (Å²) in [6, 6.07) is 8.04. The summed E-state index contributed by atoms with van der Waals surface area (Å²) >= 11 is 0. The second-order valence-electron chi connectivity index (χ2n) is 7.38. The lowest BCUT2D eigenvalue weighted by molar-refractivity contribution is 0.401. The number of ether oxygens (including phenoxy) is 1. The van der Waals surface area contributed by atoms with Gasteiger partial charge in [-0.1, -0.05) is 12.1 Å². The van der Waals surface area contributed by atoms with Crippen molar-refractivity contribution < 1.29 is 4.74 Å². The molecule has 1 aliphatic carbocycles. The molecule has 4 aromatic rings. The fourth-order valence-corrected chi connectivity index (χ4v) is 3.56. The molecule has 0 saturated heterocycles. The Morgan fingerprint density at radius 2 is 2.10 bits per heavy atom. The Bertz CT molecular complexity index is 1180. The van der Waals surface area contributed by atoms with Crippen molar-refractivity contribution in [2.24, 2.45) is 0 Å². The Morgan fingerprint density at radius 3 is 2.86 bits per heavy atom. The highest BCUT2D eigenvalue weighted by molar-refractivity contribution is 5.87. The number of methoxy groups -OCH3 is 1. The molecular weight excluding hydrogens is 368 g/mol. The first-order valence-corrected chi connectivity index (χ1v) is 9.53. The number of rotatable bonds is 6. The summed E-state index contributed by atoms with van der Waals surface area (Å²) in [5.74, 6) is 2.13. The van der Waals surface area contributed by atoms with Crippen molar-refractivity contribution >= 4 is 22.7 Å². The summed E-state index contributed by atoms with van der Waals surface area (Å²) in [6.07, 6.45) is 4.16. The molecule has 1 aromatic carbocycles. The van der Waals surface area contributed by atoms with Gasteiger partial charge in [-0.05, 0) is 30.5 Å². The molecule has 3 aromatic heterocycles. The second-order valence-corrected chi connectivity index (χ2v) is 7.38. The first kappa shape index (κ1) is 17.5. The number of H-pyrrole nitrogens is 2. The summed E-state index contributed by atoms with van der Waals surface area (Å²) in [5.41, 5.74) is 10.9. The molecule has 9 nitrogen and oxygen atoms in total. The van der Waals surface area contributed by atoms with Crippen LogP contribution in [-0.2, 0) is 6.54 Å². The largest absolute Gasteiger partial charge is 0.479 e. The van der Waals surface area contributed by atoms with Gasteiger partial charge in [0.1, 0.15) is 5.82 Å². The van der Waals surface area contributed by atoms with Crippen molar-refractivity contribution in [3.05, 3.63) is 41.7 Å². The van der Waals surface area contributed by atoms with Gasteiger partial charge < -0.3 is 15.4 Å². The maximum Gasteiger partial charge on any atom is 0.240 e. The quantitative estimate of drug-likeness (QED) is 0.463. The number of nitrogens with zero attached hydrogens (tertiary/aromatic N) is 5. The van der Waals surface area contributed by atoms with Crippen LogP contribution in [0.1, 0.15) is 30.0 Å². The summed E-state index contributed by atoms with van der Waals surface area (Å²) < 4.78 is 5.38. The fourth-order valence-electron chi connectivity index (χ4n) is 3.56. The molecule has 4 N–H and O–H groups in total. The minimum absolute atomic E-state index is 0.412. The average molecular weight is 390 g/mol. The molecule has 0 aliphatic heterocycles. The number of hydrogen-bond donors (Lipinski definition) is 3. The topological polar surface area (TPSA) is 122 Å². The standard InChI is InChI=1S/C20H22N8O/c1-28(10-12-4-3-5-14-17(12)19(29-2)27-24-14)20-22-9-13(18(21)23-20)16-8-15(25-26-16)11-6-7-11/h3-5,8-9,11H,6-7,10H2,1-2H3,(H,24,27)(H,25,26)(H2,21,22,23). The van der Waals surface area contributed by atoms with Crippen LogP contribution in [0.15, 0.2) is 30.5 Å². The van der Waals surface area contributed by atoms with Gasteiger partial charge in [-0.2, -0.15) is 10.1 Å². The van der Waals surface area contributed by atoms with Crippen molar-refractivity contribution in [1.82, 2.24) is 30.4 Å². The van der Waals surface area contributed by atoms with E-state index in [0.717, 1.165) is 33.4 Å². The molecule has 0 unspecified atom stereocenters. The number of fused-ring (bicyclic) bond motifs is 1. The van der Waals surface area contributed by atoms with E-state index in [1.165, 1.54) is 12.8 Å². The van der Waals surface area contributed by atoms with E-state index in [1.807, 2.05) is 36.2 Å². The normalized spacial score (nSPS) is 13.7. The number of nitrogen functional groups attached to an aromatic ring is 1. The van der Waals surface area contributed by atoms with Crippen molar-refractivity contribution in [3.63, 3.8) is 0 Å². The number of hydrogen-bond acceptors (Lipinski definition) is 7. The highest BCUT2D eigenvalue weighted by Gasteiger charge is 2.26. The zero-order valence-electron chi connectivity index (χ0n) is 16.3. The molecule has 0 bridgehead atoms. The van der Waals surface area contributed by atoms with Gasteiger partial charge in [0.05, 0.1) is 29.3 Å². The summed E-state index contributed by atoms with van der Waals surface area (Å²) in [4.78, 5) is 11.0. The van der Waals surface area contributed by atoms with Crippen LogP contribution in [0.4, 0.5) is 11.8 Å². The molecule has 0 radical (unpaired) electrons. The third-order valence-corrected chi connectivity index (χ3v) is 5.28. The number of nitrogens with two attached hydrogens (primary N) is 1. The van der Waals surface area contributed by atoms with E-state index in [1.54, 1.807) is 13.3 Å². The lowest BCUT2D eigenvalue weighted by Crippen LogP contribution is -2.20. The van der Waals surface area contributed by atoms with E-state index in [2.05, 4.69) is 30.4 Å². The number of aromatic nitrogens is 6. The number of nitrogens with one attached hydrogen (secondary N) is 2. The molecule has 29 heavy (non-hydrogen) atoms. The molecule has 0 spiro atoms. The molecule has 148 valence electrons. The highest BCUT2D eigenvalue weighted by Crippen LogP contribution is 2.40. The van der Waals surface area contributed by atoms with Gasteiger partial charge in [-0.25, -0.2) is 4.98 Å². The van der Waals surface area contributed by atoms with E-state index in [4.69, 9.17) is 10.5 Å². The Labute approximate surface area is 167 Å². The van der Waals surface area contributed by atoms with E-state index < -0.39 is 0 Å². The molecule has 1 aliphatic rings. The third-order valence-electron chi connectivity index (χ3n) is 5.28. The van der Waals surface area contributed by atoms with Crippen LogP contribution in [0, 0.1) is 0 Å². The molecule has 5 rings (SSSR count). The first-order chi connectivity index (χ1) is 14.1. The molecular formula is C20H22N8O. The average Bonchev–Trinajstić information content (AvgIpc) is 3.30. The highest BCUT2D eigenvalue weighted by atomic mass is 16.5. The monoisotopic (exact) mass is 390 g/mol. The summed E-state index contributed by atoms with van der Waals surface area (Å²) in [7, 11) is 3.54. The van der Waals surface area contributed by atoms with Gasteiger partial charge in [0.15, 0.2) is 0 Å². The van der Waals surface area contributed by atoms with Gasteiger partial charge in [-0.3, -0.25) is 10.2 Å². The van der Waals surface area contributed by atoms with Crippen LogP contribution in [0.5, 0.6) is 5.88 Å². The lowest BCUT2D eigenvalue weighted by atomic mass is 10.1. The van der Waals surface area contributed by atoms with Gasteiger partial charge in [0.2, 0.25) is 11.8 Å². The molecule has 1 saturated carbocycles. The first-order valence-electron chi connectivity index (χ1n) is 9.53. The zero-order valence-corrected chi connectivity index (χ0v) is 16.3. The minimum atomic E-state index is 0.412. The Hall–Kier alpha value is -3.62. The van der Waals surface area contributed by atoms with Crippen LogP contribution < -0.4 is 15.4 Å². The smallest absolute Gasteiger partial charge is 0.240 e. The van der Waals surface area contributed by atoms with Gasteiger partial charge in [0.25, 0.3) is 0 Å². The summed E-state index contributed by atoms with van der Waals surface area (Å²) in [6.45, 7) is 0.584. The third kappa shape index (κ3) is 3.14. The maximum atomic E-state index is 6.24. The second kappa shape index (κ2) is 6.77. The van der Waals surface area contributed by atoms with Crippen LogP contribution in [-0.4, -0.2) is 44.5 Å². The lowest BCUT2D eigenvalue weighted by Gasteiger charge is -2.18. The summed E-state index contributed by atoms with van der Waals surface area (Å²) in [5, 5.41) is 15.6. The van der Waals surface area contributed by atoms with Crippen molar-refractivity contribution in [1.29, 1.82) is 0 Å². The Balaban J connectivity index is 1.41. The molecule has 0 amide bonds. The Morgan fingerprint density at radius 1 is 1.24 bits per heavy atom. The number of aromatic amines is 2. The molecule has 0 atom stereocenters. The van der Waals surface area contributed by atoms with Crippen LogP contribution in [0.25, 0.3) is 22.2 Å². The van der Waals surface area contributed by atoms with Gasteiger partial charge in [0, 0.05) is 31.4 Å². The minimum Gasteiger partial charge on any atom is -0.479 e. The van der Waals surface area contributed by atoms with Crippen molar-refractivity contribution in [2.75, 3.05) is 24.8 Å². The van der Waals surface area contributed by atoms with Gasteiger partial charge in [-0.15, -0.1) is 5.10 Å². The SMILES string of the molecule is COc1n[nH]c2cccc(CN(C)c3ncc(-c4cc(C5CC5)[nH]n4)c(N)n3)c12. The molecule has 1 fully saturated rings.